The minimum Gasteiger partial charge on any atom is -0.122 e. The third kappa shape index (κ3) is 0.722. The lowest BCUT2D eigenvalue weighted by atomic mass is 9.71. The smallest absolute Gasteiger partial charge is 0.0397 e. The molecule has 0 unspecified atom stereocenters. The maximum Gasteiger partial charge on any atom is 0.0397 e. The molecule has 2 fully saturated rings. The first-order valence-corrected chi connectivity index (χ1v) is 5.06. The molecule has 0 nitrogen and oxygen atoms in total. The van der Waals surface area contributed by atoms with Crippen LogP contribution < -0.4 is 0 Å². The molecule has 0 aromatic carbocycles. The van der Waals surface area contributed by atoms with Gasteiger partial charge < -0.3 is 0 Å². The van der Waals surface area contributed by atoms with E-state index >= 15 is 0 Å². The Morgan fingerprint density at radius 1 is 1.27 bits per heavy atom. The van der Waals surface area contributed by atoms with E-state index in [-0.39, 0.29) is 0 Å². The summed E-state index contributed by atoms with van der Waals surface area (Å²) in [5.74, 6) is 0.898. The van der Waals surface area contributed by atoms with E-state index in [0.29, 0.717) is 16.2 Å². The van der Waals surface area contributed by atoms with E-state index in [1.165, 1.54) is 19.3 Å². The van der Waals surface area contributed by atoms with Crippen molar-refractivity contribution in [3.8, 4) is 0 Å². The van der Waals surface area contributed by atoms with Gasteiger partial charge in [0, 0.05) is 5.38 Å². The molecule has 0 N–H and O–H groups in total. The Hall–Kier alpha value is 0.290. The van der Waals surface area contributed by atoms with Gasteiger partial charge in [0.15, 0.2) is 0 Å². The molecular weight excluding hydrogens is 156 g/mol. The van der Waals surface area contributed by atoms with E-state index in [1.807, 2.05) is 0 Å². The molecule has 0 radical (unpaired) electrons. The molecule has 0 amide bonds. The minimum absolute atomic E-state index is 0.430. The SMILES string of the molecule is CC1(C)[C@@H]2CC[C@@]1(C)[C@@H](Cl)C2. The van der Waals surface area contributed by atoms with Crippen molar-refractivity contribution in [2.24, 2.45) is 16.7 Å². The second-order valence-corrected chi connectivity index (χ2v) is 5.60. The average Bonchev–Trinajstić information content (AvgIpc) is 2.20. The second kappa shape index (κ2) is 1.96. The van der Waals surface area contributed by atoms with Gasteiger partial charge in [0.1, 0.15) is 0 Å². The molecule has 0 aromatic heterocycles. The molecule has 0 heterocycles. The summed E-state index contributed by atoms with van der Waals surface area (Å²) in [5, 5.41) is 0.441. The quantitative estimate of drug-likeness (QED) is 0.491. The summed E-state index contributed by atoms with van der Waals surface area (Å²) in [6, 6.07) is 0. The highest BCUT2D eigenvalue weighted by Crippen LogP contribution is 2.66. The van der Waals surface area contributed by atoms with Gasteiger partial charge in [0.2, 0.25) is 0 Å². The fourth-order valence-corrected chi connectivity index (χ4v) is 3.71. The first-order valence-electron chi connectivity index (χ1n) is 4.62. The van der Waals surface area contributed by atoms with Gasteiger partial charge >= 0.3 is 0 Å². The third-order valence-electron chi connectivity index (χ3n) is 4.69. The minimum atomic E-state index is 0.430. The van der Waals surface area contributed by atoms with Gasteiger partial charge in [-0.1, -0.05) is 20.8 Å². The molecule has 64 valence electrons. The van der Waals surface area contributed by atoms with E-state index < -0.39 is 0 Å². The number of rotatable bonds is 0. The zero-order valence-electron chi connectivity index (χ0n) is 7.65. The van der Waals surface area contributed by atoms with Gasteiger partial charge in [0.05, 0.1) is 0 Å². The van der Waals surface area contributed by atoms with Crippen LogP contribution in [0.1, 0.15) is 40.0 Å². The Morgan fingerprint density at radius 3 is 2.09 bits per heavy atom. The Bertz CT molecular complexity index is 185. The van der Waals surface area contributed by atoms with Crippen LogP contribution in [-0.2, 0) is 0 Å². The van der Waals surface area contributed by atoms with Crippen LogP contribution in [0.2, 0.25) is 0 Å². The van der Waals surface area contributed by atoms with E-state index in [9.17, 15) is 0 Å². The van der Waals surface area contributed by atoms with Gasteiger partial charge in [-0.3, -0.25) is 0 Å². The largest absolute Gasteiger partial charge is 0.122 e. The molecule has 0 aliphatic heterocycles. The molecular formula is C10H17Cl. The van der Waals surface area contributed by atoms with Gasteiger partial charge in [0.25, 0.3) is 0 Å². The van der Waals surface area contributed by atoms with Gasteiger partial charge in [-0.25, -0.2) is 0 Å². The molecule has 2 saturated carbocycles. The Balaban J connectivity index is 2.40. The molecule has 2 aliphatic carbocycles. The zero-order chi connectivity index (χ0) is 8.28. The van der Waals surface area contributed by atoms with Gasteiger partial charge in [-0.05, 0) is 36.0 Å². The number of halogens is 1. The monoisotopic (exact) mass is 172 g/mol. The summed E-state index contributed by atoms with van der Waals surface area (Å²) in [6.07, 6.45) is 4.01. The second-order valence-electron chi connectivity index (χ2n) is 5.08. The van der Waals surface area contributed by atoms with Crippen molar-refractivity contribution in [3.63, 3.8) is 0 Å². The van der Waals surface area contributed by atoms with Crippen molar-refractivity contribution < 1.29 is 0 Å². The topological polar surface area (TPSA) is 0 Å². The standard InChI is InChI=1S/C10H17Cl/c1-9(2)7-4-5-10(9,3)8(11)6-7/h7-8H,4-6H2,1-3H3/t7-,8+,10+/m1/s1. The fourth-order valence-electron chi connectivity index (χ4n) is 3.11. The number of hydrogen-bond acceptors (Lipinski definition) is 0. The molecule has 2 bridgehead atoms. The molecule has 0 saturated heterocycles. The summed E-state index contributed by atoms with van der Waals surface area (Å²) in [6.45, 7) is 7.16. The maximum absolute atomic E-state index is 6.33. The summed E-state index contributed by atoms with van der Waals surface area (Å²) in [5.41, 5.74) is 0.929. The van der Waals surface area contributed by atoms with Crippen LogP contribution in [0.5, 0.6) is 0 Å². The number of fused-ring (bicyclic) bond motifs is 2. The molecule has 1 heteroatoms. The lowest BCUT2D eigenvalue weighted by Crippen LogP contribution is -2.32. The first-order chi connectivity index (χ1) is 4.98. The predicted molar refractivity (Wildman–Crippen MR) is 48.9 cm³/mol. The molecule has 0 spiro atoms. The highest BCUT2D eigenvalue weighted by atomic mass is 35.5. The van der Waals surface area contributed by atoms with E-state index in [0.717, 1.165) is 5.92 Å². The van der Waals surface area contributed by atoms with Crippen molar-refractivity contribution in [1.29, 1.82) is 0 Å². The van der Waals surface area contributed by atoms with Gasteiger partial charge in [-0.15, -0.1) is 11.6 Å². The highest BCUT2D eigenvalue weighted by Gasteiger charge is 2.60. The normalized spacial score (nSPS) is 53.5. The van der Waals surface area contributed by atoms with Gasteiger partial charge in [-0.2, -0.15) is 0 Å². The summed E-state index contributed by atoms with van der Waals surface area (Å²) in [7, 11) is 0. The predicted octanol–water partition coefficient (Wildman–Crippen LogP) is 3.44. The maximum atomic E-state index is 6.33. The Morgan fingerprint density at radius 2 is 1.91 bits per heavy atom. The number of alkyl halides is 1. The summed E-state index contributed by atoms with van der Waals surface area (Å²) < 4.78 is 0. The van der Waals surface area contributed by atoms with Crippen LogP contribution >= 0.6 is 11.6 Å². The molecule has 0 aromatic rings. The molecule has 2 rings (SSSR count). The zero-order valence-corrected chi connectivity index (χ0v) is 8.41. The average molecular weight is 173 g/mol. The third-order valence-corrected chi connectivity index (χ3v) is 5.35. The summed E-state index contributed by atoms with van der Waals surface area (Å²) in [4.78, 5) is 0. The van der Waals surface area contributed by atoms with E-state index in [1.54, 1.807) is 0 Å². The number of hydrogen-bond donors (Lipinski definition) is 0. The first kappa shape index (κ1) is 7.91. The Labute approximate surface area is 74.3 Å². The van der Waals surface area contributed by atoms with Crippen LogP contribution in [0.3, 0.4) is 0 Å². The molecule has 2 aliphatic rings. The van der Waals surface area contributed by atoms with Crippen molar-refractivity contribution in [2.45, 2.75) is 45.4 Å². The van der Waals surface area contributed by atoms with Crippen LogP contribution in [-0.4, -0.2) is 5.38 Å². The van der Waals surface area contributed by atoms with Crippen molar-refractivity contribution in [2.75, 3.05) is 0 Å². The lowest BCUT2D eigenvalue weighted by Gasteiger charge is -2.36. The lowest BCUT2D eigenvalue weighted by molar-refractivity contribution is 0.155. The van der Waals surface area contributed by atoms with Crippen LogP contribution in [0.25, 0.3) is 0 Å². The van der Waals surface area contributed by atoms with Crippen LogP contribution in [0.15, 0.2) is 0 Å². The molecule has 3 atom stereocenters. The van der Waals surface area contributed by atoms with Crippen molar-refractivity contribution in [1.82, 2.24) is 0 Å². The van der Waals surface area contributed by atoms with Crippen LogP contribution in [0, 0.1) is 16.7 Å². The van der Waals surface area contributed by atoms with E-state index in [4.69, 9.17) is 11.6 Å². The van der Waals surface area contributed by atoms with E-state index in [2.05, 4.69) is 20.8 Å². The molecule has 11 heavy (non-hydrogen) atoms. The fraction of sp³-hybridized carbons (Fsp3) is 1.00. The summed E-state index contributed by atoms with van der Waals surface area (Å²) >= 11 is 6.33. The highest BCUT2D eigenvalue weighted by molar-refractivity contribution is 6.21. The Kier molecular flexibility index (Phi) is 1.41. The van der Waals surface area contributed by atoms with Crippen molar-refractivity contribution in [3.05, 3.63) is 0 Å². The van der Waals surface area contributed by atoms with Crippen molar-refractivity contribution >= 4 is 11.6 Å². The van der Waals surface area contributed by atoms with Crippen LogP contribution in [0.4, 0.5) is 0 Å².